The summed E-state index contributed by atoms with van der Waals surface area (Å²) in [5, 5.41) is 1.31. The van der Waals surface area contributed by atoms with Gasteiger partial charge in [-0.15, -0.1) is 0 Å². The fraction of sp³-hybridized carbons (Fsp3) is 1.00. The molecule has 0 saturated carbocycles. The zero-order valence-corrected chi connectivity index (χ0v) is 8.72. The van der Waals surface area contributed by atoms with Crippen molar-refractivity contribution < 1.29 is 0 Å². The maximum absolute atomic E-state index is 2.32. The Labute approximate surface area is 78.7 Å². The average Bonchev–Trinajstić information content (AvgIpc) is 1.81. The normalized spacial score (nSPS) is 15.4. The van der Waals surface area contributed by atoms with E-state index in [1.165, 1.54) is 10.8 Å². The molecule has 0 rings (SSSR count). The molecule has 0 radical (unpaired) electrons. The van der Waals surface area contributed by atoms with Crippen LogP contribution in [0.3, 0.4) is 0 Å². The first-order chi connectivity index (χ1) is 4.45. The Balaban J connectivity index is 3.36. The third kappa shape index (κ3) is 7.06. The van der Waals surface area contributed by atoms with Crippen LogP contribution in [0.1, 0.15) is 27.7 Å². The van der Waals surface area contributed by atoms with Gasteiger partial charge in [-0.2, -0.15) is 0 Å². The summed E-state index contributed by atoms with van der Waals surface area (Å²) in [6, 6.07) is 0. The van der Waals surface area contributed by atoms with Gasteiger partial charge in [0, 0.05) is 0 Å². The Bertz CT molecular complexity index is 85.7. The van der Waals surface area contributed by atoms with Gasteiger partial charge in [-0.05, 0) is 0 Å². The van der Waals surface area contributed by atoms with Crippen molar-refractivity contribution in [3.63, 3.8) is 0 Å². The van der Waals surface area contributed by atoms with E-state index in [-0.39, 0.29) is 0 Å². The predicted molar refractivity (Wildman–Crippen MR) is 51.9 cm³/mol. The second-order valence-electron chi connectivity index (χ2n) is 3.94. The zero-order chi connectivity index (χ0) is 8.20. The number of hydrogen-bond donors (Lipinski definition) is 0. The van der Waals surface area contributed by atoms with Gasteiger partial charge in [0.25, 0.3) is 0 Å². The Kier molecular flexibility index (Phi) is 5.20. The van der Waals surface area contributed by atoms with Crippen molar-refractivity contribution in [2.45, 2.75) is 37.5 Å². The van der Waals surface area contributed by atoms with Crippen molar-refractivity contribution in [1.29, 1.82) is 0 Å². The first kappa shape index (κ1) is 10.9. The van der Waals surface area contributed by atoms with Gasteiger partial charge in [-0.3, -0.25) is 0 Å². The third-order valence-corrected chi connectivity index (χ3v) is 3.10. The Hall–Kier alpha value is 0.947. The van der Waals surface area contributed by atoms with Crippen LogP contribution in [0.4, 0.5) is 0 Å². The van der Waals surface area contributed by atoms with E-state index < -0.39 is 0 Å². The van der Waals surface area contributed by atoms with Gasteiger partial charge in [-0.25, -0.2) is 0 Å². The van der Waals surface area contributed by atoms with Crippen LogP contribution in [-0.2, 0) is 0 Å². The molecule has 0 N–H and O–H groups in total. The number of rotatable bonds is 3. The van der Waals surface area contributed by atoms with E-state index in [4.69, 9.17) is 0 Å². The van der Waals surface area contributed by atoms with Crippen LogP contribution in [0.15, 0.2) is 0 Å². The van der Waals surface area contributed by atoms with Crippen molar-refractivity contribution in [3.05, 3.63) is 0 Å². The fourth-order valence-electron chi connectivity index (χ4n) is 0.510. The van der Waals surface area contributed by atoms with E-state index in [1.54, 1.807) is 0 Å². The zero-order valence-electron chi connectivity index (χ0n) is 7.90. The molecule has 0 aromatic heterocycles. The number of hydrogen-bond acceptors (Lipinski definition) is 1. The van der Waals surface area contributed by atoms with E-state index in [2.05, 4.69) is 57.2 Å². The standard InChI is InChI=1S/C8H17S.Li/c1-7(2)6-9-8(3,4)5;/h7H,1,6H2,2-5H3;. The first-order valence-electron chi connectivity index (χ1n) is 4.09. The Morgan fingerprint density at radius 1 is 1.40 bits per heavy atom. The van der Waals surface area contributed by atoms with Crippen LogP contribution >= 0.6 is 11.8 Å². The quantitative estimate of drug-likeness (QED) is 0.560. The molecule has 0 heterocycles. The van der Waals surface area contributed by atoms with Gasteiger partial charge in [0.1, 0.15) is 0 Å². The SMILES string of the molecule is [Li][CH2]C(C)CSC(C)(C)C. The van der Waals surface area contributed by atoms with Gasteiger partial charge in [-0.1, -0.05) is 0 Å². The molecule has 1 atom stereocenters. The van der Waals surface area contributed by atoms with Crippen molar-refractivity contribution in [2.24, 2.45) is 5.92 Å². The van der Waals surface area contributed by atoms with E-state index in [9.17, 15) is 0 Å². The molecular formula is C8H17LiS. The molecule has 0 amide bonds. The second kappa shape index (κ2) is 4.75. The molecule has 56 valence electrons. The minimum absolute atomic E-state index is 0.448. The average molecular weight is 152 g/mol. The van der Waals surface area contributed by atoms with Gasteiger partial charge in [0.15, 0.2) is 0 Å². The Morgan fingerprint density at radius 3 is 2.20 bits per heavy atom. The van der Waals surface area contributed by atoms with Gasteiger partial charge >= 0.3 is 78.7 Å². The molecule has 0 nitrogen and oxygen atoms in total. The van der Waals surface area contributed by atoms with Crippen LogP contribution < -0.4 is 0 Å². The molecule has 0 aliphatic rings. The molecule has 0 aliphatic heterocycles. The predicted octanol–water partition coefficient (Wildman–Crippen LogP) is 2.74. The van der Waals surface area contributed by atoms with Crippen LogP contribution in [0, 0.1) is 5.92 Å². The van der Waals surface area contributed by atoms with E-state index in [1.807, 2.05) is 0 Å². The monoisotopic (exact) mass is 152 g/mol. The van der Waals surface area contributed by atoms with Crippen molar-refractivity contribution in [2.75, 3.05) is 5.75 Å². The minimum atomic E-state index is 0.448. The van der Waals surface area contributed by atoms with Crippen LogP contribution in [0.25, 0.3) is 0 Å². The molecule has 0 saturated heterocycles. The molecule has 0 aliphatic carbocycles. The topological polar surface area (TPSA) is 0 Å². The molecule has 0 bridgehead atoms. The molecule has 1 unspecified atom stereocenters. The van der Waals surface area contributed by atoms with E-state index in [0.29, 0.717) is 4.75 Å². The third-order valence-electron chi connectivity index (χ3n) is 1.50. The summed E-state index contributed by atoms with van der Waals surface area (Å²) in [5.41, 5.74) is 0. The summed E-state index contributed by atoms with van der Waals surface area (Å²) < 4.78 is 0.448. The van der Waals surface area contributed by atoms with Gasteiger partial charge < -0.3 is 0 Å². The van der Waals surface area contributed by atoms with Crippen molar-refractivity contribution >= 4 is 29.5 Å². The summed E-state index contributed by atoms with van der Waals surface area (Å²) in [4.78, 5) is 0. The molecule has 0 aromatic carbocycles. The summed E-state index contributed by atoms with van der Waals surface area (Å²) in [7, 11) is 0. The molecular weight excluding hydrogens is 135 g/mol. The van der Waals surface area contributed by atoms with Gasteiger partial charge in [0.2, 0.25) is 0 Å². The van der Waals surface area contributed by atoms with E-state index >= 15 is 0 Å². The van der Waals surface area contributed by atoms with Gasteiger partial charge in [0.05, 0.1) is 0 Å². The van der Waals surface area contributed by atoms with Crippen LogP contribution in [-0.4, -0.2) is 28.2 Å². The molecule has 0 spiro atoms. The fourth-order valence-corrected chi connectivity index (χ4v) is 1.53. The molecule has 2 heteroatoms. The summed E-state index contributed by atoms with van der Waals surface area (Å²) in [6.45, 7) is 9.15. The van der Waals surface area contributed by atoms with E-state index in [0.717, 1.165) is 5.92 Å². The van der Waals surface area contributed by atoms with Crippen molar-refractivity contribution in [3.8, 4) is 0 Å². The number of thioether (sulfide) groups is 1. The summed E-state index contributed by atoms with van der Waals surface area (Å²) in [6.07, 6.45) is 0. The second-order valence-corrected chi connectivity index (χ2v) is 5.78. The maximum atomic E-state index is 2.32. The summed E-state index contributed by atoms with van der Waals surface area (Å²) >= 11 is 4.32. The molecule has 10 heavy (non-hydrogen) atoms. The Morgan fingerprint density at radius 2 is 1.90 bits per heavy atom. The molecule has 0 fully saturated rings. The first-order valence-corrected chi connectivity index (χ1v) is 5.08. The molecule has 0 aromatic rings. The van der Waals surface area contributed by atoms with Crippen LogP contribution in [0.5, 0.6) is 0 Å². The van der Waals surface area contributed by atoms with Crippen molar-refractivity contribution in [1.82, 2.24) is 0 Å². The van der Waals surface area contributed by atoms with Crippen LogP contribution in [0.2, 0.25) is 5.09 Å². The summed E-state index contributed by atoms with van der Waals surface area (Å²) in [5.74, 6) is 2.18.